The van der Waals surface area contributed by atoms with Crippen molar-refractivity contribution in [1.82, 2.24) is 9.97 Å². The van der Waals surface area contributed by atoms with Gasteiger partial charge >= 0.3 is 5.97 Å². The molecule has 2 aromatic heterocycles. The lowest BCUT2D eigenvalue weighted by Gasteiger charge is -2.40. The second-order valence-electron chi connectivity index (χ2n) is 12.3. The highest BCUT2D eigenvalue weighted by Gasteiger charge is 2.36. The van der Waals surface area contributed by atoms with E-state index in [0.29, 0.717) is 29.4 Å². The van der Waals surface area contributed by atoms with Gasteiger partial charge in [0.15, 0.2) is 6.10 Å². The SMILES string of the molecule is Cc1ncc(-c2ccc(NCCOc3ccc(Cl)cc3)cn2)c(N2CCC(C)(C)CC2)c1[C@H](OC(C)(C)C)C(=O)O. The number of carboxylic acid groups (broad SMARTS) is 1. The van der Waals surface area contributed by atoms with Gasteiger partial charge in [0.05, 0.1) is 28.9 Å². The highest BCUT2D eigenvalue weighted by Crippen LogP contribution is 2.43. The number of benzene rings is 1. The van der Waals surface area contributed by atoms with Gasteiger partial charge in [-0.15, -0.1) is 0 Å². The predicted octanol–water partition coefficient (Wildman–Crippen LogP) is 7.16. The van der Waals surface area contributed by atoms with Crippen molar-refractivity contribution in [3.8, 4) is 17.0 Å². The summed E-state index contributed by atoms with van der Waals surface area (Å²) in [5, 5.41) is 14.3. The molecule has 4 rings (SSSR count). The number of halogens is 1. The van der Waals surface area contributed by atoms with Crippen molar-refractivity contribution in [2.24, 2.45) is 5.41 Å². The minimum atomic E-state index is -1.16. The van der Waals surface area contributed by atoms with Crippen LogP contribution in [0.1, 0.15) is 64.8 Å². The summed E-state index contributed by atoms with van der Waals surface area (Å²) in [5.41, 5.74) is 4.03. The van der Waals surface area contributed by atoms with Crippen molar-refractivity contribution in [3.63, 3.8) is 0 Å². The van der Waals surface area contributed by atoms with Crippen LogP contribution in [0.4, 0.5) is 11.4 Å². The highest BCUT2D eigenvalue weighted by molar-refractivity contribution is 6.30. The predicted molar refractivity (Wildman–Crippen MR) is 164 cm³/mol. The van der Waals surface area contributed by atoms with Gasteiger partial charge in [-0.25, -0.2) is 4.79 Å². The number of carboxylic acids is 1. The number of aryl methyl sites for hydroxylation is 1. The molecule has 3 heterocycles. The van der Waals surface area contributed by atoms with E-state index in [1.807, 2.05) is 52.0 Å². The Morgan fingerprint density at radius 3 is 2.37 bits per heavy atom. The molecule has 2 N–H and O–H groups in total. The lowest BCUT2D eigenvalue weighted by molar-refractivity contribution is -0.160. The van der Waals surface area contributed by atoms with Crippen LogP contribution in [0.3, 0.4) is 0 Å². The quantitative estimate of drug-likeness (QED) is 0.244. The Morgan fingerprint density at radius 1 is 1.10 bits per heavy atom. The zero-order valence-corrected chi connectivity index (χ0v) is 25.6. The summed E-state index contributed by atoms with van der Waals surface area (Å²) in [6, 6.07) is 11.2. The number of hydrogen-bond acceptors (Lipinski definition) is 7. The van der Waals surface area contributed by atoms with Crippen LogP contribution < -0.4 is 15.0 Å². The third-order valence-electron chi connectivity index (χ3n) is 7.23. The van der Waals surface area contributed by atoms with Crippen molar-refractivity contribution >= 4 is 28.9 Å². The van der Waals surface area contributed by atoms with E-state index in [0.717, 1.165) is 54.3 Å². The molecule has 0 amide bonds. The standard InChI is InChI=1S/C32H41ClN4O4/c1-21-27(29(30(38)39)41-31(2,3)4)28(37-16-13-32(5,6)14-17-37)25(20-35-21)26-12-9-23(19-36-26)34-15-18-40-24-10-7-22(33)8-11-24/h7-12,19-20,29,34H,13-18H2,1-6H3,(H,38,39)/t29-/m0/s1. The average Bonchev–Trinajstić information content (AvgIpc) is 2.91. The summed E-state index contributed by atoms with van der Waals surface area (Å²) in [4.78, 5) is 24.3. The topological polar surface area (TPSA) is 96.8 Å². The number of piperidine rings is 1. The third-order valence-corrected chi connectivity index (χ3v) is 7.48. The first-order valence-electron chi connectivity index (χ1n) is 14.1. The molecule has 41 heavy (non-hydrogen) atoms. The molecule has 1 atom stereocenters. The van der Waals surface area contributed by atoms with E-state index >= 15 is 0 Å². The first kappa shape index (κ1) is 30.6. The number of carbonyl (C=O) groups is 1. The number of hydrogen-bond donors (Lipinski definition) is 2. The fourth-order valence-electron chi connectivity index (χ4n) is 4.93. The molecule has 3 aromatic rings. The van der Waals surface area contributed by atoms with Crippen molar-refractivity contribution in [2.45, 2.75) is 66.1 Å². The summed E-state index contributed by atoms with van der Waals surface area (Å²) in [5.74, 6) is -0.273. The summed E-state index contributed by atoms with van der Waals surface area (Å²) in [6.07, 6.45) is 4.42. The minimum Gasteiger partial charge on any atom is -0.492 e. The van der Waals surface area contributed by atoms with Crippen molar-refractivity contribution < 1.29 is 19.4 Å². The van der Waals surface area contributed by atoms with Gasteiger partial charge < -0.3 is 24.8 Å². The van der Waals surface area contributed by atoms with Crippen molar-refractivity contribution in [3.05, 3.63) is 65.1 Å². The number of aromatic nitrogens is 2. The molecule has 1 aromatic carbocycles. The molecule has 220 valence electrons. The molecular weight excluding hydrogens is 540 g/mol. The fourth-order valence-corrected chi connectivity index (χ4v) is 5.05. The van der Waals surface area contributed by atoms with Gasteiger partial charge in [0, 0.05) is 47.7 Å². The lowest BCUT2D eigenvalue weighted by Crippen LogP contribution is -2.39. The van der Waals surface area contributed by atoms with E-state index in [2.05, 4.69) is 29.0 Å². The number of aliphatic carboxylic acids is 1. The Labute approximate surface area is 248 Å². The van der Waals surface area contributed by atoms with Crippen LogP contribution in [-0.2, 0) is 9.53 Å². The maximum Gasteiger partial charge on any atom is 0.337 e. The monoisotopic (exact) mass is 580 g/mol. The number of ether oxygens (including phenoxy) is 2. The average molecular weight is 581 g/mol. The smallest absolute Gasteiger partial charge is 0.337 e. The molecule has 0 bridgehead atoms. The Bertz CT molecular complexity index is 1330. The molecule has 1 saturated heterocycles. The van der Waals surface area contributed by atoms with Gasteiger partial charge in [-0.05, 0) is 82.3 Å². The normalized spacial score (nSPS) is 15.8. The van der Waals surface area contributed by atoms with Gasteiger partial charge in [-0.2, -0.15) is 0 Å². The van der Waals surface area contributed by atoms with E-state index in [1.54, 1.807) is 24.5 Å². The van der Waals surface area contributed by atoms with E-state index < -0.39 is 17.7 Å². The molecular formula is C32H41ClN4O4. The largest absolute Gasteiger partial charge is 0.492 e. The van der Waals surface area contributed by atoms with E-state index in [1.165, 1.54) is 0 Å². The summed E-state index contributed by atoms with van der Waals surface area (Å²) >= 11 is 5.93. The van der Waals surface area contributed by atoms with Gasteiger partial charge in [-0.3, -0.25) is 9.97 Å². The van der Waals surface area contributed by atoms with Crippen LogP contribution in [0.5, 0.6) is 5.75 Å². The molecule has 0 unspecified atom stereocenters. The Balaban J connectivity index is 1.61. The lowest BCUT2D eigenvalue weighted by atomic mass is 9.82. The number of anilines is 2. The first-order chi connectivity index (χ1) is 19.3. The third kappa shape index (κ3) is 8.11. The maximum atomic E-state index is 12.6. The number of rotatable bonds is 10. The van der Waals surface area contributed by atoms with Crippen LogP contribution >= 0.6 is 11.6 Å². The van der Waals surface area contributed by atoms with E-state index in [-0.39, 0.29) is 5.41 Å². The van der Waals surface area contributed by atoms with Crippen LogP contribution in [-0.4, -0.2) is 52.9 Å². The van der Waals surface area contributed by atoms with Crippen LogP contribution in [0, 0.1) is 12.3 Å². The number of pyridine rings is 2. The Morgan fingerprint density at radius 2 is 1.78 bits per heavy atom. The van der Waals surface area contributed by atoms with Crippen LogP contribution in [0.15, 0.2) is 48.8 Å². The van der Waals surface area contributed by atoms with Crippen molar-refractivity contribution in [1.29, 1.82) is 0 Å². The second kappa shape index (κ2) is 12.7. The summed E-state index contributed by atoms with van der Waals surface area (Å²) in [7, 11) is 0. The maximum absolute atomic E-state index is 12.6. The molecule has 9 heteroatoms. The van der Waals surface area contributed by atoms with Gasteiger partial charge in [-0.1, -0.05) is 25.4 Å². The molecule has 0 spiro atoms. The van der Waals surface area contributed by atoms with E-state index in [9.17, 15) is 9.90 Å². The number of nitrogens with one attached hydrogen (secondary N) is 1. The molecule has 1 aliphatic heterocycles. The first-order valence-corrected chi connectivity index (χ1v) is 14.4. The Kier molecular flexibility index (Phi) is 9.44. The zero-order valence-electron chi connectivity index (χ0n) is 24.8. The Hall–Kier alpha value is -3.36. The van der Waals surface area contributed by atoms with E-state index in [4.69, 9.17) is 26.1 Å². The zero-order chi connectivity index (χ0) is 29.8. The summed E-state index contributed by atoms with van der Waals surface area (Å²) < 4.78 is 11.9. The highest BCUT2D eigenvalue weighted by atomic mass is 35.5. The van der Waals surface area contributed by atoms with Gasteiger partial charge in [0.25, 0.3) is 0 Å². The molecule has 0 radical (unpaired) electrons. The number of nitrogens with zero attached hydrogens (tertiary/aromatic N) is 3. The second-order valence-corrected chi connectivity index (χ2v) is 12.7. The molecule has 8 nitrogen and oxygen atoms in total. The van der Waals surface area contributed by atoms with Crippen LogP contribution in [0.2, 0.25) is 5.02 Å². The van der Waals surface area contributed by atoms with Gasteiger partial charge in [0.1, 0.15) is 12.4 Å². The molecule has 1 aliphatic rings. The molecule has 0 saturated carbocycles. The minimum absolute atomic E-state index is 0.232. The molecule has 1 fully saturated rings. The fraction of sp³-hybridized carbons (Fsp3) is 0.469. The van der Waals surface area contributed by atoms with Crippen molar-refractivity contribution in [2.75, 3.05) is 36.5 Å². The van der Waals surface area contributed by atoms with Crippen LogP contribution in [0.25, 0.3) is 11.3 Å². The molecule has 0 aliphatic carbocycles. The summed E-state index contributed by atoms with van der Waals surface area (Å²) in [6.45, 7) is 14.7. The van der Waals surface area contributed by atoms with Gasteiger partial charge in [0.2, 0.25) is 0 Å².